The van der Waals surface area contributed by atoms with Gasteiger partial charge in [0.05, 0.1) is 5.56 Å². The van der Waals surface area contributed by atoms with E-state index in [1.807, 2.05) is 29.6 Å². The van der Waals surface area contributed by atoms with Crippen molar-refractivity contribution in [3.63, 3.8) is 0 Å². The number of rotatable bonds is 6. The molecular weight excluding hydrogens is 412 g/mol. The van der Waals surface area contributed by atoms with Gasteiger partial charge in [-0.25, -0.2) is 0 Å². The van der Waals surface area contributed by atoms with Crippen LogP contribution in [0.5, 0.6) is 0 Å². The summed E-state index contributed by atoms with van der Waals surface area (Å²) in [5.41, 5.74) is 4.83. The van der Waals surface area contributed by atoms with Gasteiger partial charge >= 0.3 is 0 Å². The van der Waals surface area contributed by atoms with Crippen LogP contribution >= 0.6 is 22.9 Å². The van der Waals surface area contributed by atoms with Crippen LogP contribution in [0.1, 0.15) is 42.9 Å². The molecule has 152 valence electrons. The Kier molecular flexibility index (Phi) is 5.94. The molecule has 3 nitrogen and oxygen atoms in total. The number of nitriles is 1. The summed E-state index contributed by atoms with van der Waals surface area (Å²) in [6.45, 7) is 4.40. The SMILES string of the molecule is CC(C)Cc1ccc(-c2csc(NC(=O)[C@@H]3C[C@H]3c3ccc(Cl)cc3)c2C#N)cc1. The third kappa shape index (κ3) is 4.43. The smallest absolute Gasteiger partial charge is 0.228 e. The van der Waals surface area contributed by atoms with Gasteiger partial charge < -0.3 is 5.32 Å². The fraction of sp³-hybridized carbons (Fsp3) is 0.280. The third-order valence-electron chi connectivity index (χ3n) is 5.47. The highest BCUT2D eigenvalue weighted by Gasteiger charge is 2.44. The minimum absolute atomic E-state index is 0.0212. The standard InChI is InChI=1S/C25H23ClN2OS/c1-15(2)11-16-3-5-18(6-4-16)23-14-30-25(22(23)13-27)28-24(29)21-12-20(21)17-7-9-19(26)10-8-17/h3-10,14-15,20-21H,11-12H2,1-2H3,(H,28,29)/t20-,21+/m0/s1. The van der Waals surface area contributed by atoms with Gasteiger partial charge in [-0.1, -0.05) is 61.8 Å². The first-order chi connectivity index (χ1) is 14.5. The lowest BCUT2D eigenvalue weighted by atomic mass is 9.99. The average Bonchev–Trinajstić information content (AvgIpc) is 3.43. The maximum absolute atomic E-state index is 12.7. The van der Waals surface area contributed by atoms with Crippen LogP contribution in [0.15, 0.2) is 53.9 Å². The fourth-order valence-electron chi connectivity index (χ4n) is 3.83. The van der Waals surface area contributed by atoms with Crippen molar-refractivity contribution in [1.82, 2.24) is 0 Å². The molecule has 4 rings (SSSR count). The van der Waals surface area contributed by atoms with Gasteiger partial charge in [-0.3, -0.25) is 4.79 Å². The summed E-state index contributed by atoms with van der Waals surface area (Å²) >= 11 is 7.36. The summed E-state index contributed by atoms with van der Waals surface area (Å²) in [6.07, 6.45) is 1.86. The number of hydrogen-bond acceptors (Lipinski definition) is 3. The maximum atomic E-state index is 12.7. The van der Waals surface area contributed by atoms with Gasteiger partial charge in [-0.2, -0.15) is 5.26 Å². The van der Waals surface area contributed by atoms with Crippen molar-refractivity contribution < 1.29 is 4.79 Å². The first-order valence-corrected chi connectivity index (χ1v) is 11.4. The number of thiophene rings is 1. The first kappa shape index (κ1) is 20.7. The van der Waals surface area contributed by atoms with E-state index in [1.165, 1.54) is 16.9 Å². The second kappa shape index (κ2) is 8.63. The van der Waals surface area contributed by atoms with E-state index in [4.69, 9.17) is 11.6 Å². The van der Waals surface area contributed by atoms with Gasteiger partial charge in [-0.05, 0) is 53.5 Å². The number of anilines is 1. The monoisotopic (exact) mass is 434 g/mol. The highest BCUT2D eigenvalue weighted by molar-refractivity contribution is 7.15. The molecule has 2 aromatic carbocycles. The van der Waals surface area contributed by atoms with Crippen molar-refractivity contribution in [3.8, 4) is 17.2 Å². The molecule has 1 saturated carbocycles. The lowest BCUT2D eigenvalue weighted by Crippen LogP contribution is -2.14. The van der Waals surface area contributed by atoms with E-state index in [2.05, 4.69) is 49.5 Å². The van der Waals surface area contributed by atoms with Crippen molar-refractivity contribution in [2.45, 2.75) is 32.6 Å². The Bertz CT molecular complexity index is 1090. The second-order valence-corrected chi connectivity index (χ2v) is 9.57. The summed E-state index contributed by atoms with van der Waals surface area (Å²) in [6, 6.07) is 18.3. The number of halogens is 1. The summed E-state index contributed by atoms with van der Waals surface area (Å²) < 4.78 is 0. The number of amides is 1. The fourth-order valence-corrected chi connectivity index (χ4v) is 4.88. The quantitative estimate of drug-likeness (QED) is 0.459. The van der Waals surface area contributed by atoms with Gasteiger partial charge in [0.1, 0.15) is 11.1 Å². The number of hydrogen-bond donors (Lipinski definition) is 1. The maximum Gasteiger partial charge on any atom is 0.228 e. The van der Waals surface area contributed by atoms with E-state index < -0.39 is 0 Å². The Hall–Kier alpha value is -2.61. The highest BCUT2D eigenvalue weighted by Crippen LogP contribution is 2.48. The minimum Gasteiger partial charge on any atom is -0.316 e. The van der Waals surface area contributed by atoms with E-state index in [0.717, 1.165) is 29.5 Å². The minimum atomic E-state index is -0.0569. The molecule has 1 aliphatic carbocycles. The van der Waals surface area contributed by atoms with Crippen LogP contribution in [-0.4, -0.2) is 5.91 Å². The summed E-state index contributed by atoms with van der Waals surface area (Å²) in [5, 5.41) is 16.0. The van der Waals surface area contributed by atoms with Crippen molar-refractivity contribution in [1.29, 1.82) is 5.26 Å². The van der Waals surface area contributed by atoms with Crippen LogP contribution in [0.25, 0.3) is 11.1 Å². The molecule has 0 saturated heterocycles. The van der Waals surface area contributed by atoms with E-state index in [0.29, 0.717) is 21.5 Å². The lowest BCUT2D eigenvalue weighted by molar-refractivity contribution is -0.117. The Morgan fingerprint density at radius 3 is 2.53 bits per heavy atom. The average molecular weight is 435 g/mol. The number of carbonyl (C=O) groups excluding carboxylic acids is 1. The molecule has 0 bridgehead atoms. The molecule has 0 unspecified atom stereocenters. The number of benzene rings is 2. The molecule has 30 heavy (non-hydrogen) atoms. The molecule has 5 heteroatoms. The Balaban J connectivity index is 1.47. The molecule has 1 N–H and O–H groups in total. The highest BCUT2D eigenvalue weighted by atomic mass is 35.5. The Labute approximate surface area is 186 Å². The molecule has 1 fully saturated rings. The van der Waals surface area contributed by atoms with Crippen LogP contribution < -0.4 is 5.32 Å². The van der Waals surface area contributed by atoms with Gasteiger partial charge in [0.15, 0.2) is 0 Å². The van der Waals surface area contributed by atoms with E-state index in [9.17, 15) is 10.1 Å². The molecule has 0 aliphatic heterocycles. The Morgan fingerprint density at radius 1 is 1.20 bits per heavy atom. The second-order valence-electron chi connectivity index (χ2n) is 8.25. The molecule has 1 heterocycles. The van der Waals surface area contributed by atoms with Crippen molar-refractivity contribution >= 4 is 33.8 Å². The van der Waals surface area contributed by atoms with Crippen molar-refractivity contribution in [2.24, 2.45) is 11.8 Å². The summed E-state index contributed by atoms with van der Waals surface area (Å²) in [5.74, 6) is 0.749. The molecular formula is C25H23ClN2OS. The first-order valence-electron chi connectivity index (χ1n) is 10.1. The molecule has 0 radical (unpaired) electrons. The number of nitrogens with one attached hydrogen (secondary N) is 1. The zero-order valence-electron chi connectivity index (χ0n) is 17.0. The van der Waals surface area contributed by atoms with E-state index in [-0.39, 0.29) is 17.7 Å². The topological polar surface area (TPSA) is 52.9 Å². The Morgan fingerprint density at radius 2 is 1.90 bits per heavy atom. The van der Waals surface area contributed by atoms with Crippen LogP contribution in [0.4, 0.5) is 5.00 Å². The predicted octanol–water partition coefficient (Wildman–Crippen LogP) is 6.88. The van der Waals surface area contributed by atoms with Crippen LogP contribution in [0.2, 0.25) is 5.02 Å². The van der Waals surface area contributed by atoms with Gasteiger partial charge in [0.2, 0.25) is 5.91 Å². The van der Waals surface area contributed by atoms with Crippen LogP contribution in [0, 0.1) is 23.2 Å². The molecule has 3 aromatic rings. The zero-order chi connectivity index (χ0) is 21.3. The van der Waals surface area contributed by atoms with Crippen LogP contribution in [-0.2, 0) is 11.2 Å². The van der Waals surface area contributed by atoms with Crippen molar-refractivity contribution in [2.75, 3.05) is 5.32 Å². The van der Waals surface area contributed by atoms with Gasteiger partial charge in [0.25, 0.3) is 0 Å². The number of nitrogens with zero attached hydrogens (tertiary/aromatic N) is 1. The molecule has 1 aromatic heterocycles. The molecule has 1 aliphatic rings. The molecule has 0 spiro atoms. The normalized spacial score (nSPS) is 17.6. The lowest BCUT2D eigenvalue weighted by Gasteiger charge is -2.07. The zero-order valence-corrected chi connectivity index (χ0v) is 18.6. The van der Waals surface area contributed by atoms with Crippen molar-refractivity contribution in [3.05, 3.63) is 75.6 Å². The largest absolute Gasteiger partial charge is 0.316 e. The number of carbonyl (C=O) groups is 1. The molecule has 2 atom stereocenters. The van der Waals surface area contributed by atoms with E-state index in [1.54, 1.807) is 0 Å². The van der Waals surface area contributed by atoms with E-state index >= 15 is 0 Å². The van der Waals surface area contributed by atoms with Gasteiger partial charge in [0, 0.05) is 21.9 Å². The summed E-state index contributed by atoms with van der Waals surface area (Å²) in [4.78, 5) is 12.7. The van der Waals surface area contributed by atoms with Gasteiger partial charge in [-0.15, -0.1) is 11.3 Å². The predicted molar refractivity (Wildman–Crippen MR) is 124 cm³/mol. The third-order valence-corrected chi connectivity index (χ3v) is 6.62. The summed E-state index contributed by atoms with van der Waals surface area (Å²) in [7, 11) is 0. The van der Waals surface area contributed by atoms with Crippen LogP contribution in [0.3, 0.4) is 0 Å². The molecule has 1 amide bonds.